The van der Waals surface area contributed by atoms with E-state index in [1.54, 1.807) is 62.4 Å². The van der Waals surface area contributed by atoms with Crippen molar-refractivity contribution in [1.82, 2.24) is 29.0 Å². The number of rotatable bonds is 18. The van der Waals surface area contributed by atoms with Gasteiger partial charge in [-0.3, -0.25) is 19.3 Å². The molecule has 0 aliphatic carbocycles. The Balaban J connectivity index is 0.000000682. The van der Waals surface area contributed by atoms with Gasteiger partial charge in [-0.2, -0.15) is 16.8 Å². The van der Waals surface area contributed by atoms with Crippen LogP contribution in [0.25, 0.3) is 22.8 Å². The number of para-hydroxylation sites is 2. The molecule has 0 unspecified atom stereocenters. The van der Waals surface area contributed by atoms with E-state index >= 15 is 0 Å². The van der Waals surface area contributed by atoms with Crippen LogP contribution in [0.5, 0.6) is 11.5 Å². The number of phenols is 2. The summed E-state index contributed by atoms with van der Waals surface area (Å²) in [6.45, 7) is 0.923. The molecule has 2 aromatic heterocycles. The molecule has 0 aliphatic rings. The molecule has 2 heterocycles. The Hall–Kier alpha value is -2.65. The van der Waals surface area contributed by atoms with Crippen molar-refractivity contribution in [3.05, 3.63) is 118 Å². The van der Waals surface area contributed by atoms with Crippen molar-refractivity contribution in [1.29, 1.82) is 0 Å². The molecule has 0 fully saturated rings. The smallest absolute Gasteiger partial charge is 0.504 e. The third-order valence-electron chi connectivity index (χ3n) is 8.48. The number of aromatic nitrogens is 4. The van der Waals surface area contributed by atoms with Crippen LogP contribution in [0.2, 0.25) is 10.0 Å². The quantitative estimate of drug-likeness (QED) is 0.0246. The number of aryl methyl sites for hydroxylation is 2. The second-order valence-corrected chi connectivity index (χ2v) is 19.8. The number of aromatic hydroxyl groups is 2. The maximum atomic E-state index is 12.5. The molecule has 8 N–H and O–H groups in total. The minimum atomic E-state index is -4.72. The summed E-state index contributed by atoms with van der Waals surface area (Å²) in [7, 11) is -17.9. The molecule has 0 spiro atoms. The standard InChI is InChI=1S/2C18H18ClN6O7S2.Co.3Na/c2*1-11-16(18(20)25(24-11)12-5-3-2-4-6-12)23-22-15-10-13(9-14(19)17(15)26)33(27,28)21-7-8-32-34(29,30)31;;;;/h2*2-6,9-10,21H,7-8H2,1H3,(H3-,20,22,23,24,26,29,30,31);;;;/q2*-1;;3*+1. The van der Waals surface area contributed by atoms with Crippen molar-refractivity contribution in [2.45, 2.75) is 23.6 Å². The molecule has 0 bridgehead atoms. The molecule has 36 heteroatoms. The van der Waals surface area contributed by atoms with Crippen molar-refractivity contribution < 1.29 is 167 Å². The molecular formula is C36H36Cl2CoN12Na3O14S4+. The Bertz CT molecular complexity index is 3130. The van der Waals surface area contributed by atoms with Crippen LogP contribution in [-0.4, -0.2) is 98.9 Å². The number of benzene rings is 4. The number of nitrogens with one attached hydrogen (secondary N) is 4. The van der Waals surface area contributed by atoms with E-state index in [0.29, 0.717) is 22.8 Å². The van der Waals surface area contributed by atoms with Gasteiger partial charge in [0.25, 0.3) is 0 Å². The van der Waals surface area contributed by atoms with Crippen LogP contribution in [0, 0.1) is 13.8 Å². The average molecular weight is 1190 g/mol. The van der Waals surface area contributed by atoms with E-state index in [0.717, 1.165) is 24.3 Å². The molecule has 6 rings (SSSR count). The maximum Gasteiger partial charge on any atom is 1.00 e. The zero-order valence-corrected chi connectivity index (χ0v) is 49.9. The van der Waals surface area contributed by atoms with Gasteiger partial charge in [-0.15, -0.1) is 20.5 Å². The summed E-state index contributed by atoms with van der Waals surface area (Å²) in [5, 5.41) is 43.9. The monoisotopic (exact) mass is 1190 g/mol. The topological polar surface area (TPSA) is 393 Å². The largest absolute Gasteiger partial charge is 1.00 e. The van der Waals surface area contributed by atoms with Gasteiger partial charge in [0, 0.05) is 29.9 Å². The summed E-state index contributed by atoms with van der Waals surface area (Å²) >= 11 is 11.9. The maximum absolute atomic E-state index is 12.5. The predicted molar refractivity (Wildman–Crippen MR) is 245 cm³/mol. The SMILES string of the molecule is Cc1nn(-c2ccccc2)c([NH-])c1N=Nc1cc(S(=O)(=O)NCCOS(=O)(=O)O)cc(Cl)c1O.Cc1nn(-c2ccccc2)c([NH-])c1N=Nc1cc(S(=O)(=O)NCCOS(=O)(=O)O)cc(Cl)c1O.[Co].[Na+].[Na+].[Na+]. The summed E-state index contributed by atoms with van der Waals surface area (Å²) < 4.78 is 124. The molecule has 26 nitrogen and oxygen atoms in total. The fourth-order valence-electron chi connectivity index (χ4n) is 5.39. The van der Waals surface area contributed by atoms with E-state index in [-0.39, 0.29) is 150 Å². The van der Waals surface area contributed by atoms with Gasteiger partial charge in [0.2, 0.25) is 20.0 Å². The third kappa shape index (κ3) is 18.9. The summed E-state index contributed by atoms with van der Waals surface area (Å²) in [5.41, 5.74) is 18.2. The average Bonchev–Trinajstić information content (AvgIpc) is 3.73. The van der Waals surface area contributed by atoms with E-state index in [4.69, 9.17) is 43.8 Å². The van der Waals surface area contributed by atoms with E-state index in [1.807, 2.05) is 12.1 Å². The molecule has 6 aromatic rings. The Labute approximate surface area is 499 Å². The number of phenolic OH excluding ortho intramolecular Hbond substituents is 2. The summed E-state index contributed by atoms with van der Waals surface area (Å²) in [5.74, 6) is -1.25. The normalized spacial score (nSPS) is 11.8. The van der Waals surface area contributed by atoms with Gasteiger partial charge in [-0.1, -0.05) is 83.9 Å². The second kappa shape index (κ2) is 29.0. The minimum absolute atomic E-state index is 0. The zero-order chi connectivity index (χ0) is 50.2. The number of sulfonamides is 2. The first-order valence-corrected chi connectivity index (χ1v) is 25.1. The van der Waals surface area contributed by atoms with Crippen molar-refractivity contribution in [2.24, 2.45) is 20.5 Å². The molecular weight excluding hydrogens is 1150 g/mol. The third-order valence-corrected chi connectivity index (χ3v) is 12.9. The summed E-state index contributed by atoms with van der Waals surface area (Å²) in [6, 6.07) is 21.6. The van der Waals surface area contributed by atoms with E-state index in [1.165, 1.54) is 9.36 Å². The second-order valence-electron chi connectivity index (χ2n) is 13.3. The fraction of sp³-hybridized carbons (Fsp3) is 0.167. The molecule has 0 saturated carbocycles. The molecule has 0 atom stereocenters. The van der Waals surface area contributed by atoms with Crippen LogP contribution in [0.1, 0.15) is 11.4 Å². The van der Waals surface area contributed by atoms with Crippen molar-refractivity contribution in [2.75, 3.05) is 26.3 Å². The first kappa shape index (κ1) is 67.4. The van der Waals surface area contributed by atoms with Gasteiger partial charge < -0.3 is 31.0 Å². The molecule has 373 valence electrons. The minimum Gasteiger partial charge on any atom is -0.504 e. The van der Waals surface area contributed by atoms with E-state index in [9.17, 15) is 43.9 Å². The van der Waals surface area contributed by atoms with Crippen LogP contribution < -0.4 is 98.1 Å². The van der Waals surface area contributed by atoms with Gasteiger partial charge in [-0.05, 0) is 61.1 Å². The van der Waals surface area contributed by atoms with Gasteiger partial charge >= 0.3 is 109 Å². The summed E-state index contributed by atoms with van der Waals surface area (Å²) in [4.78, 5) is -0.808. The number of hydrogen-bond donors (Lipinski definition) is 6. The number of nitrogens with zero attached hydrogens (tertiary/aromatic N) is 8. The van der Waals surface area contributed by atoms with E-state index in [2.05, 4.69) is 48.5 Å². The number of halogens is 2. The van der Waals surface area contributed by atoms with Gasteiger partial charge in [-0.25, -0.2) is 34.6 Å². The molecule has 0 aliphatic heterocycles. The van der Waals surface area contributed by atoms with Gasteiger partial charge in [0.15, 0.2) is 11.5 Å². The van der Waals surface area contributed by atoms with Crippen LogP contribution in [0.4, 0.5) is 34.4 Å². The van der Waals surface area contributed by atoms with Crippen molar-refractivity contribution in [3.63, 3.8) is 0 Å². The molecule has 72 heavy (non-hydrogen) atoms. The molecule has 4 aromatic carbocycles. The van der Waals surface area contributed by atoms with Crippen LogP contribution in [0.3, 0.4) is 0 Å². The summed E-state index contributed by atoms with van der Waals surface area (Å²) in [6.07, 6.45) is 0. The van der Waals surface area contributed by atoms with Gasteiger partial charge in [0.1, 0.15) is 22.7 Å². The molecule has 0 amide bonds. The fourth-order valence-corrected chi connectivity index (χ4v) is 8.66. The van der Waals surface area contributed by atoms with Crippen LogP contribution >= 0.6 is 23.2 Å². The van der Waals surface area contributed by atoms with Gasteiger partial charge in [0.05, 0.1) is 44.4 Å². The Morgan fingerprint density at radius 3 is 1.21 bits per heavy atom. The Morgan fingerprint density at radius 1 is 0.583 bits per heavy atom. The van der Waals surface area contributed by atoms with E-state index < -0.39 is 88.4 Å². The Morgan fingerprint density at radius 2 is 0.903 bits per heavy atom. The number of hydrogen-bond acceptors (Lipinski definition) is 18. The number of azo groups is 2. The predicted octanol–water partition coefficient (Wildman–Crippen LogP) is -1.52. The Kier molecular flexibility index (Phi) is 27.2. The van der Waals surface area contributed by atoms with Crippen LogP contribution in [-0.2, 0) is 66.0 Å². The van der Waals surface area contributed by atoms with Crippen molar-refractivity contribution in [3.8, 4) is 22.9 Å². The first-order chi connectivity index (χ1) is 31.8. The first-order valence-electron chi connectivity index (χ1n) is 18.6. The van der Waals surface area contributed by atoms with Crippen LogP contribution in [0.15, 0.2) is 115 Å². The van der Waals surface area contributed by atoms with Crippen molar-refractivity contribution >= 4 is 98.4 Å². The molecule has 1 radical (unpaired) electrons. The molecule has 0 saturated heterocycles. The zero-order valence-electron chi connectivity index (χ0n) is 38.1.